The standard InChI is InChI=1S/C54H102/c1-4-7-10-13-16-19-22-25-28-31-34-37-40-43-46-52-49-53(47-44-41-38-35-32-29-26-23-20-17-14-11-8-5-2)51-54(50-52)48-45-42-39-36-33-30-27-24-21-18-15-12-9-6-3/h49-51H,4-48H2,1-3H3. The van der Waals surface area contributed by atoms with Gasteiger partial charge in [0.25, 0.3) is 0 Å². The van der Waals surface area contributed by atoms with Gasteiger partial charge in [0.1, 0.15) is 0 Å². The average molecular weight is 751 g/mol. The molecule has 0 heterocycles. The summed E-state index contributed by atoms with van der Waals surface area (Å²) >= 11 is 0. The third-order valence-electron chi connectivity index (χ3n) is 12.6. The van der Waals surface area contributed by atoms with Gasteiger partial charge >= 0.3 is 0 Å². The highest BCUT2D eigenvalue weighted by molar-refractivity contribution is 5.30. The fraction of sp³-hybridized carbons (Fsp3) is 0.889. The van der Waals surface area contributed by atoms with Gasteiger partial charge in [-0.2, -0.15) is 0 Å². The van der Waals surface area contributed by atoms with Crippen molar-refractivity contribution in [1.82, 2.24) is 0 Å². The lowest BCUT2D eigenvalue weighted by Crippen LogP contribution is -1.96. The van der Waals surface area contributed by atoms with E-state index in [1.54, 1.807) is 16.7 Å². The molecule has 1 aromatic carbocycles. The van der Waals surface area contributed by atoms with Crippen LogP contribution in [0.5, 0.6) is 0 Å². The highest BCUT2D eigenvalue weighted by Crippen LogP contribution is 2.21. The minimum atomic E-state index is 1.30. The van der Waals surface area contributed by atoms with E-state index in [0.29, 0.717) is 0 Å². The van der Waals surface area contributed by atoms with Crippen molar-refractivity contribution in [3.8, 4) is 0 Å². The summed E-state index contributed by atoms with van der Waals surface area (Å²) in [4.78, 5) is 0. The van der Waals surface area contributed by atoms with Gasteiger partial charge in [0, 0.05) is 0 Å². The molecule has 0 aromatic heterocycles. The minimum absolute atomic E-state index is 1.30. The summed E-state index contributed by atoms with van der Waals surface area (Å²) < 4.78 is 0. The Hall–Kier alpha value is -0.780. The van der Waals surface area contributed by atoms with Crippen molar-refractivity contribution < 1.29 is 0 Å². The van der Waals surface area contributed by atoms with Crippen LogP contribution in [0.3, 0.4) is 0 Å². The molecule has 1 rings (SSSR count). The second-order valence-electron chi connectivity index (χ2n) is 18.2. The van der Waals surface area contributed by atoms with Gasteiger partial charge in [0.05, 0.1) is 0 Å². The van der Waals surface area contributed by atoms with Crippen LogP contribution < -0.4 is 0 Å². The van der Waals surface area contributed by atoms with E-state index in [1.165, 1.54) is 289 Å². The Balaban J connectivity index is 2.29. The van der Waals surface area contributed by atoms with Crippen molar-refractivity contribution in [2.75, 3.05) is 0 Å². The van der Waals surface area contributed by atoms with Gasteiger partial charge in [-0.15, -0.1) is 0 Å². The summed E-state index contributed by atoms with van der Waals surface area (Å²) in [5.74, 6) is 0. The fourth-order valence-corrected chi connectivity index (χ4v) is 8.84. The summed E-state index contributed by atoms with van der Waals surface area (Å²) in [5.41, 5.74) is 4.95. The Morgan fingerprint density at radius 2 is 0.315 bits per heavy atom. The van der Waals surface area contributed by atoms with Crippen molar-refractivity contribution in [2.45, 2.75) is 310 Å². The Kier molecular flexibility index (Phi) is 41.1. The van der Waals surface area contributed by atoms with Crippen molar-refractivity contribution in [1.29, 1.82) is 0 Å². The fourth-order valence-electron chi connectivity index (χ4n) is 8.84. The van der Waals surface area contributed by atoms with E-state index in [0.717, 1.165) is 0 Å². The van der Waals surface area contributed by atoms with E-state index in [2.05, 4.69) is 39.0 Å². The number of hydrogen-bond donors (Lipinski definition) is 0. The van der Waals surface area contributed by atoms with Gasteiger partial charge in [-0.05, 0) is 55.2 Å². The van der Waals surface area contributed by atoms with E-state index in [9.17, 15) is 0 Å². The summed E-state index contributed by atoms with van der Waals surface area (Å²) in [5, 5.41) is 0. The van der Waals surface area contributed by atoms with Gasteiger partial charge in [-0.25, -0.2) is 0 Å². The van der Waals surface area contributed by atoms with Crippen molar-refractivity contribution in [3.05, 3.63) is 34.9 Å². The molecule has 0 amide bonds. The maximum absolute atomic E-state index is 2.61. The summed E-state index contributed by atoms with van der Waals surface area (Å²) in [6, 6.07) is 7.83. The summed E-state index contributed by atoms with van der Waals surface area (Å²) in [7, 11) is 0. The first-order valence-electron chi connectivity index (χ1n) is 25.9. The molecule has 0 radical (unpaired) electrons. The number of unbranched alkanes of at least 4 members (excludes halogenated alkanes) is 39. The predicted molar refractivity (Wildman–Crippen MR) is 248 cm³/mol. The molecule has 0 heteroatoms. The highest BCUT2D eigenvalue weighted by Gasteiger charge is 2.05. The van der Waals surface area contributed by atoms with E-state index in [1.807, 2.05) is 0 Å². The molecule has 0 bridgehead atoms. The zero-order chi connectivity index (χ0) is 38.7. The molecule has 318 valence electrons. The number of benzene rings is 1. The molecule has 1 aromatic rings. The number of aryl methyl sites for hydroxylation is 3. The Labute approximate surface area is 343 Å². The molecule has 0 aliphatic rings. The van der Waals surface area contributed by atoms with Crippen molar-refractivity contribution >= 4 is 0 Å². The molecule has 0 nitrogen and oxygen atoms in total. The SMILES string of the molecule is CCCCCCCCCCCCCCCCc1cc(CCCCCCCCCCCCCCCC)cc(CCCCCCCCCCCCCCCC)c1. The van der Waals surface area contributed by atoms with Crippen LogP contribution in [-0.2, 0) is 19.3 Å². The lowest BCUT2D eigenvalue weighted by Gasteiger charge is -2.11. The van der Waals surface area contributed by atoms with Crippen LogP contribution in [0.25, 0.3) is 0 Å². The Morgan fingerprint density at radius 1 is 0.185 bits per heavy atom. The molecule has 0 atom stereocenters. The van der Waals surface area contributed by atoms with Gasteiger partial charge < -0.3 is 0 Å². The maximum Gasteiger partial charge on any atom is -0.0279 e. The lowest BCUT2D eigenvalue weighted by molar-refractivity contribution is 0.534. The molecule has 0 saturated carbocycles. The van der Waals surface area contributed by atoms with Crippen LogP contribution >= 0.6 is 0 Å². The second kappa shape index (κ2) is 43.3. The van der Waals surface area contributed by atoms with Gasteiger partial charge in [-0.1, -0.05) is 289 Å². The highest BCUT2D eigenvalue weighted by atomic mass is 14.1. The maximum atomic E-state index is 2.61. The zero-order valence-corrected chi connectivity index (χ0v) is 38.1. The molecular formula is C54H102. The molecule has 0 aliphatic heterocycles. The molecule has 0 N–H and O–H groups in total. The lowest BCUT2D eigenvalue weighted by atomic mass is 9.95. The topological polar surface area (TPSA) is 0 Å². The monoisotopic (exact) mass is 751 g/mol. The minimum Gasteiger partial charge on any atom is -0.0654 e. The Bertz CT molecular complexity index is 715. The number of hydrogen-bond acceptors (Lipinski definition) is 0. The number of rotatable bonds is 45. The molecule has 0 aliphatic carbocycles. The molecule has 0 saturated heterocycles. The van der Waals surface area contributed by atoms with Gasteiger partial charge in [0.2, 0.25) is 0 Å². The van der Waals surface area contributed by atoms with Crippen LogP contribution in [0.15, 0.2) is 18.2 Å². The first-order chi connectivity index (χ1) is 26.8. The molecule has 0 unspecified atom stereocenters. The van der Waals surface area contributed by atoms with Crippen LogP contribution in [0.1, 0.15) is 307 Å². The summed E-state index contributed by atoms with van der Waals surface area (Å²) in [6.07, 6.45) is 64.8. The normalized spacial score (nSPS) is 11.6. The average Bonchev–Trinajstić information content (AvgIpc) is 3.18. The van der Waals surface area contributed by atoms with Crippen LogP contribution in [-0.4, -0.2) is 0 Å². The van der Waals surface area contributed by atoms with Crippen molar-refractivity contribution in [3.63, 3.8) is 0 Å². The predicted octanol–water partition coefficient (Wildman–Crippen LogP) is 19.8. The third-order valence-corrected chi connectivity index (χ3v) is 12.6. The van der Waals surface area contributed by atoms with Crippen LogP contribution in [0, 0.1) is 0 Å². The smallest absolute Gasteiger partial charge is 0.0279 e. The van der Waals surface area contributed by atoms with E-state index >= 15 is 0 Å². The second-order valence-corrected chi connectivity index (χ2v) is 18.2. The molecule has 0 spiro atoms. The van der Waals surface area contributed by atoms with Gasteiger partial charge in [-0.3, -0.25) is 0 Å². The van der Waals surface area contributed by atoms with E-state index in [-0.39, 0.29) is 0 Å². The van der Waals surface area contributed by atoms with E-state index < -0.39 is 0 Å². The Morgan fingerprint density at radius 3 is 0.463 bits per heavy atom. The molecule has 54 heavy (non-hydrogen) atoms. The van der Waals surface area contributed by atoms with Crippen LogP contribution in [0.4, 0.5) is 0 Å². The third kappa shape index (κ3) is 36.8. The van der Waals surface area contributed by atoms with Gasteiger partial charge in [0.15, 0.2) is 0 Å². The largest absolute Gasteiger partial charge is 0.0654 e. The quantitative estimate of drug-likeness (QED) is 0.0582. The zero-order valence-electron chi connectivity index (χ0n) is 38.1. The summed E-state index contributed by atoms with van der Waals surface area (Å²) in [6.45, 7) is 6.95. The first kappa shape index (κ1) is 51.2. The molecule has 0 fully saturated rings. The van der Waals surface area contributed by atoms with Crippen LogP contribution in [0.2, 0.25) is 0 Å². The molecular weight excluding hydrogens is 649 g/mol. The first-order valence-corrected chi connectivity index (χ1v) is 25.9. The van der Waals surface area contributed by atoms with Crippen molar-refractivity contribution in [2.24, 2.45) is 0 Å². The van der Waals surface area contributed by atoms with E-state index in [4.69, 9.17) is 0 Å².